The molecule has 0 aliphatic carbocycles. The summed E-state index contributed by atoms with van der Waals surface area (Å²) < 4.78 is 15.8. The molecular formula is C22H32N2O2S. The number of aromatic hydroxyl groups is 1. The quantitative estimate of drug-likeness (QED) is 0.632. The van der Waals surface area contributed by atoms with Crippen molar-refractivity contribution in [3.05, 3.63) is 65.7 Å². The van der Waals surface area contributed by atoms with Crippen LogP contribution in [0.15, 0.2) is 54.6 Å². The minimum atomic E-state index is -1.21. The summed E-state index contributed by atoms with van der Waals surface area (Å²) in [5, 5.41) is 13.3. The summed E-state index contributed by atoms with van der Waals surface area (Å²) in [6.45, 7) is 11.0. The predicted octanol–water partition coefficient (Wildman–Crippen LogP) is 4.30. The third-order valence-corrected chi connectivity index (χ3v) is 6.08. The molecule has 0 aliphatic heterocycles. The number of hydrogen-bond donors (Lipinski definition) is 3. The number of nitrogens with one attached hydrogen (secondary N) is 2. The molecule has 0 amide bonds. The van der Waals surface area contributed by atoms with Crippen molar-refractivity contribution in [1.29, 1.82) is 0 Å². The van der Waals surface area contributed by atoms with Crippen LogP contribution in [-0.2, 0) is 17.5 Å². The zero-order chi connectivity index (χ0) is 20.0. The lowest BCUT2D eigenvalue weighted by atomic mass is 9.91. The summed E-state index contributed by atoms with van der Waals surface area (Å²) in [6.07, 6.45) is 0. The van der Waals surface area contributed by atoms with Crippen LogP contribution in [0, 0.1) is 5.92 Å². The van der Waals surface area contributed by atoms with Gasteiger partial charge in [-0.25, -0.2) is 8.93 Å². The van der Waals surface area contributed by atoms with E-state index in [4.69, 9.17) is 0 Å². The molecule has 27 heavy (non-hydrogen) atoms. The van der Waals surface area contributed by atoms with Crippen molar-refractivity contribution in [2.75, 3.05) is 0 Å². The Bertz CT molecular complexity index is 724. The highest BCUT2D eigenvalue weighted by molar-refractivity contribution is 7.84. The zero-order valence-electron chi connectivity index (χ0n) is 16.9. The molecule has 2 aromatic rings. The molecule has 0 fully saturated rings. The molecule has 0 saturated heterocycles. The smallest absolute Gasteiger partial charge is 0.115 e. The molecule has 2 aromatic carbocycles. The van der Waals surface area contributed by atoms with Crippen molar-refractivity contribution in [2.24, 2.45) is 5.92 Å². The van der Waals surface area contributed by atoms with Crippen LogP contribution in [0.2, 0.25) is 0 Å². The van der Waals surface area contributed by atoms with E-state index in [1.54, 1.807) is 12.1 Å². The molecule has 0 unspecified atom stereocenters. The van der Waals surface area contributed by atoms with Gasteiger partial charge in [-0.1, -0.05) is 56.3 Å². The second-order valence-corrected chi connectivity index (χ2v) is 10.2. The Morgan fingerprint density at radius 3 is 2.11 bits per heavy atom. The van der Waals surface area contributed by atoms with Crippen LogP contribution in [0.3, 0.4) is 0 Å². The van der Waals surface area contributed by atoms with Crippen LogP contribution < -0.4 is 10.0 Å². The van der Waals surface area contributed by atoms with E-state index in [9.17, 15) is 9.32 Å². The number of hydrogen-bond acceptors (Lipinski definition) is 3. The average Bonchev–Trinajstić information content (AvgIpc) is 2.61. The van der Waals surface area contributed by atoms with Crippen molar-refractivity contribution in [2.45, 2.75) is 58.0 Å². The molecule has 5 heteroatoms. The van der Waals surface area contributed by atoms with E-state index in [1.807, 2.05) is 51.1 Å². The molecule has 3 N–H and O–H groups in total. The van der Waals surface area contributed by atoms with Crippen molar-refractivity contribution >= 4 is 11.0 Å². The minimum Gasteiger partial charge on any atom is -0.508 e. The summed E-state index contributed by atoms with van der Waals surface area (Å²) >= 11 is 0. The monoisotopic (exact) mass is 388 g/mol. The van der Waals surface area contributed by atoms with Gasteiger partial charge in [0.25, 0.3) is 0 Å². The van der Waals surface area contributed by atoms with Crippen LogP contribution >= 0.6 is 0 Å². The maximum atomic E-state index is 12.8. The largest absolute Gasteiger partial charge is 0.508 e. The molecule has 0 aliphatic rings. The van der Waals surface area contributed by atoms with E-state index in [-0.39, 0.29) is 22.6 Å². The van der Waals surface area contributed by atoms with Gasteiger partial charge in [0.05, 0.1) is 21.8 Å². The summed E-state index contributed by atoms with van der Waals surface area (Å²) in [7, 11) is -1.21. The van der Waals surface area contributed by atoms with Crippen molar-refractivity contribution < 1.29 is 9.32 Å². The summed E-state index contributed by atoms with van der Waals surface area (Å²) in [5.41, 5.74) is 2.22. The maximum Gasteiger partial charge on any atom is 0.115 e. The van der Waals surface area contributed by atoms with Crippen molar-refractivity contribution in [1.82, 2.24) is 10.0 Å². The highest BCUT2D eigenvalue weighted by atomic mass is 32.2. The van der Waals surface area contributed by atoms with Crippen LogP contribution in [0.5, 0.6) is 5.75 Å². The van der Waals surface area contributed by atoms with Crippen LogP contribution in [0.1, 0.15) is 51.8 Å². The van der Waals surface area contributed by atoms with Crippen molar-refractivity contribution in [3.63, 3.8) is 0 Å². The first-order valence-corrected chi connectivity index (χ1v) is 10.6. The summed E-state index contributed by atoms with van der Waals surface area (Å²) in [6, 6.07) is 17.3. The average molecular weight is 389 g/mol. The Labute approximate surface area is 166 Å². The Hall–Kier alpha value is -1.69. The summed E-state index contributed by atoms with van der Waals surface area (Å²) in [4.78, 5) is 0. The third-order valence-electron chi connectivity index (χ3n) is 4.50. The van der Waals surface area contributed by atoms with Crippen LogP contribution in [-0.4, -0.2) is 20.1 Å². The second-order valence-electron chi connectivity index (χ2n) is 8.20. The topological polar surface area (TPSA) is 61.4 Å². The van der Waals surface area contributed by atoms with Crippen LogP contribution in [0.25, 0.3) is 0 Å². The van der Waals surface area contributed by atoms with Gasteiger partial charge in [0.1, 0.15) is 5.75 Å². The SMILES string of the molecule is CC(C)[C@H](NCc1ccccc1)[C@@H](N[S@@](=O)C(C)(C)C)c1ccc(O)cc1. The van der Waals surface area contributed by atoms with Gasteiger partial charge in [-0.05, 0) is 49.9 Å². The Morgan fingerprint density at radius 1 is 1.00 bits per heavy atom. The molecule has 0 bridgehead atoms. The highest BCUT2D eigenvalue weighted by Crippen LogP contribution is 2.26. The molecule has 0 saturated carbocycles. The van der Waals surface area contributed by atoms with Gasteiger partial charge < -0.3 is 10.4 Å². The van der Waals surface area contributed by atoms with E-state index < -0.39 is 11.0 Å². The third kappa shape index (κ3) is 6.45. The molecule has 0 spiro atoms. The fourth-order valence-electron chi connectivity index (χ4n) is 2.89. The van der Waals surface area contributed by atoms with Gasteiger partial charge in [0.15, 0.2) is 0 Å². The Kier molecular flexibility index (Phi) is 7.59. The first-order valence-electron chi connectivity index (χ1n) is 9.43. The van der Waals surface area contributed by atoms with E-state index in [2.05, 4.69) is 36.0 Å². The fraction of sp³-hybridized carbons (Fsp3) is 0.455. The van der Waals surface area contributed by atoms with Gasteiger partial charge in [0, 0.05) is 12.6 Å². The Morgan fingerprint density at radius 2 is 1.59 bits per heavy atom. The van der Waals surface area contributed by atoms with E-state index in [0.717, 1.165) is 12.1 Å². The highest BCUT2D eigenvalue weighted by Gasteiger charge is 2.30. The molecule has 148 valence electrons. The molecule has 4 nitrogen and oxygen atoms in total. The van der Waals surface area contributed by atoms with Gasteiger partial charge >= 0.3 is 0 Å². The lowest BCUT2D eigenvalue weighted by Gasteiger charge is -2.34. The lowest BCUT2D eigenvalue weighted by molar-refractivity contribution is 0.328. The molecule has 2 rings (SSSR count). The van der Waals surface area contributed by atoms with Gasteiger partial charge in [-0.15, -0.1) is 0 Å². The number of phenolic OH excluding ortho intramolecular Hbond substituents is 1. The zero-order valence-corrected chi connectivity index (χ0v) is 17.7. The van der Waals surface area contributed by atoms with E-state index in [0.29, 0.717) is 5.92 Å². The number of benzene rings is 2. The molecule has 0 radical (unpaired) electrons. The van der Waals surface area contributed by atoms with E-state index in [1.165, 1.54) is 5.56 Å². The van der Waals surface area contributed by atoms with Crippen molar-refractivity contribution in [3.8, 4) is 5.75 Å². The van der Waals surface area contributed by atoms with Gasteiger partial charge in [-0.3, -0.25) is 0 Å². The Balaban J connectivity index is 2.28. The minimum absolute atomic E-state index is 0.0704. The standard InChI is InChI=1S/C22H32N2O2S/c1-16(2)20(23-15-17-9-7-6-8-10-17)21(24-27(26)22(3,4)5)18-11-13-19(25)14-12-18/h6-14,16,20-21,23-25H,15H2,1-5H3/t20-,21-,27-/m0/s1. The first-order chi connectivity index (χ1) is 12.7. The van der Waals surface area contributed by atoms with E-state index >= 15 is 0 Å². The number of phenols is 1. The fourth-order valence-corrected chi connectivity index (χ4v) is 3.76. The first kappa shape index (κ1) is 21.6. The predicted molar refractivity (Wildman–Crippen MR) is 114 cm³/mol. The summed E-state index contributed by atoms with van der Waals surface area (Å²) in [5.74, 6) is 0.546. The molecule has 3 atom stereocenters. The normalized spacial score (nSPS) is 15.5. The van der Waals surface area contributed by atoms with Crippen LogP contribution in [0.4, 0.5) is 0 Å². The molecular weight excluding hydrogens is 356 g/mol. The molecule has 0 heterocycles. The van der Waals surface area contributed by atoms with Gasteiger partial charge in [0.2, 0.25) is 0 Å². The number of rotatable bonds is 8. The lowest BCUT2D eigenvalue weighted by Crippen LogP contribution is -2.47. The maximum absolute atomic E-state index is 12.8. The second kappa shape index (κ2) is 9.49. The molecule has 0 aromatic heterocycles. The van der Waals surface area contributed by atoms with Gasteiger partial charge in [-0.2, -0.15) is 0 Å².